The molecule has 0 fully saturated rings. The number of para-hydroxylation sites is 1. The molecule has 0 saturated heterocycles. The average molecular weight is 322 g/mol. The number of H-pyrrole nitrogens is 1. The van der Waals surface area contributed by atoms with E-state index in [9.17, 15) is 10.1 Å². The molecule has 0 aliphatic rings. The van der Waals surface area contributed by atoms with Crippen LogP contribution in [0.3, 0.4) is 0 Å². The van der Waals surface area contributed by atoms with E-state index in [1.165, 1.54) is 0 Å². The minimum atomic E-state index is -0.458. The maximum absolute atomic E-state index is 12.2. The van der Waals surface area contributed by atoms with Crippen molar-refractivity contribution < 1.29 is 4.79 Å². The number of carbonyl (C=O) groups excluding carboxylic acids is 1. The molecule has 5 heteroatoms. The Morgan fingerprint density at radius 3 is 2.65 bits per heavy atom. The highest BCUT2D eigenvalue weighted by atomic mass is 35.5. The second-order valence-electron chi connectivity index (χ2n) is 4.92. The van der Waals surface area contributed by atoms with Gasteiger partial charge in [-0.05, 0) is 36.4 Å². The van der Waals surface area contributed by atoms with E-state index >= 15 is 0 Å². The van der Waals surface area contributed by atoms with E-state index in [0.29, 0.717) is 10.7 Å². The summed E-state index contributed by atoms with van der Waals surface area (Å²) in [4.78, 5) is 15.4. The summed E-state index contributed by atoms with van der Waals surface area (Å²) in [7, 11) is 0. The Labute approximate surface area is 138 Å². The lowest BCUT2D eigenvalue weighted by molar-refractivity contribution is -0.112. The molecular weight excluding hydrogens is 310 g/mol. The highest BCUT2D eigenvalue weighted by molar-refractivity contribution is 6.30. The van der Waals surface area contributed by atoms with Gasteiger partial charge in [0.15, 0.2) is 0 Å². The van der Waals surface area contributed by atoms with Gasteiger partial charge in [0.05, 0.1) is 0 Å². The van der Waals surface area contributed by atoms with Crippen molar-refractivity contribution in [3.05, 3.63) is 70.9 Å². The monoisotopic (exact) mass is 321 g/mol. The maximum Gasteiger partial charge on any atom is 0.266 e. The van der Waals surface area contributed by atoms with Gasteiger partial charge < -0.3 is 10.3 Å². The molecule has 3 rings (SSSR count). The molecule has 1 amide bonds. The summed E-state index contributed by atoms with van der Waals surface area (Å²) in [5, 5.41) is 13.5. The van der Waals surface area contributed by atoms with Gasteiger partial charge in [0, 0.05) is 33.4 Å². The van der Waals surface area contributed by atoms with Crippen molar-refractivity contribution in [2.24, 2.45) is 0 Å². The van der Waals surface area contributed by atoms with Crippen LogP contribution < -0.4 is 5.32 Å². The number of benzene rings is 2. The quantitative estimate of drug-likeness (QED) is 0.555. The standard InChI is InChI=1S/C18H12ClN3O/c19-14-5-7-15(8-6-14)22-18(23)12(10-20)9-13-11-21-17-4-2-1-3-16(13)17/h1-9,11,21H,(H,22,23). The number of nitrogens with one attached hydrogen (secondary N) is 2. The zero-order valence-corrected chi connectivity index (χ0v) is 12.8. The van der Waals surface area contributed by atoms with Crippen molar-refractivity contribution in [3.8, 4) is 6.07 Å². The van der Waals surface area contributed by atoms with Crippen molar-refractivity contribution in [1.82, 2.24) is 4.98 Å². The van der Waals surface area contributed by atoms with Crippen molar-refractivity contribution in [2.45, 2.75) is 0 Å². The van der Waals surface area contributed by atoms with E-state index < -0.39 is 5.91 Å². The molecule has 112 valence electrons. The van der Waals surface area contributed by atoms with Crippen LogP contribution in [-0.4, -0.2) is 10.9 Å². The maximum atomic E-state index is 12.2. The molecule has 0 aliphatic heterocycles. The average Bonchev–Trinajstić information content (AvgIpc) is 2.97. The Balaban J connectivity index is 1.88. The van der Waals surface area contributed by atoms with Crippen LogP contribution in [0.25, 0.3) is 17.0 Å². The Morgan fingerprint density at radius 1 is 1.17 bits per heavy atom. The van der Waals surface area contributed by atoms with Gasteiger partial charge in [0.25, 0.3) is 5.91 Å². The highest BCUT2D eigenvalue weighted by Crippen LogP contribution is 2.21. The normalized spacial score (nSPS) is 11.2. The smallest absolute Gasteiger partial charge is 0.266 e. The van der Waals surface area contributed by atoms with Crippen molar-refractivity contribution in [3.63, 3.8) is 0 Å². The highest BCUT2D eigenvalue weighted by Gasteiger charge is 2.11. The number of fused-ring (bicyclic) bond motifs is 1. The molecule has 0 aliphatic carbocycles. The number of aromatic amines is 1. The number of hydrogen-bond acceptors (Lipinski definition) is 2. The molecule has 2 N–H and O–H groups in total. The summed E-state index contributed by atoms with van der Waals surface area (Å²) in [6.07, 6.45) is 3.35. The van der Waals surface area contributed by atoms with E-state index in [1.54, 1.807) is 36.5 Å². The molecule has 0 saturated carbocycles. The third-order valence-electron chi connectivity index (χ3n) is 3.39. The predicted molar refractivity (Wildman–Crippen MR) is 92.0 cm³/mol. The second-order valence-corrected chi connectivity index (χ2v) is 5.36. The van der Waals surface area contributed by atoms with Gasteiger partial charge in [-0.15, -0.1) is 0 Å². The third-order valence-corrected chi connectivity index (χ3v) is 3.64. The molecule has 0 atom stereocenters. The van der Waals surface area contributed by atoms with Crippen LogP contribution in [0.2, 0.25) is 5.02 Å². The van der Waals surface area contributed by atoms with Crippen molar-refractivity contribution in [2.75, 3.05) is 5.32 Å². The van der Waals surface area contributed by atoms with Crippen molar-refractivity contribution in [1.29, 1.82) is 5.26 Å². The van der Waals surface area contributed by atoms with Crippen LogP contribution in [0.15, 0.2) is 60.3 Å². The summed E-state index contributed by atoms with van der Waals surface area (Å²) in [6.45, 7) is 0. The minimum absolute atomic E-state index is 0.0321. The van der Waals surface area contributed by atoms with Gasteiger partial charge >= 0.3 is 0 Å². The molecule has 3 aromatic rings. The summed E-state index contributed by atoms with van der Waals surface area (Å²) in [5.41, 5.74) is 2.36. The van der Waals surface area contributed by atoms with Gasteiger partial charge in [0.2, 0.25) is 0 Å². The number of carbonyl (C=O) groups is 1. The number of halogens is 1. The Hall–Kier alpha value is -3.03. The first kappa shape index (κ1) is 14.9. The van der Waals surface area contributed by atoms with Crippen molar-refractivity contribution >= 4 is 40.2 Å². The van der Waals surface area contributed by atoms with Crippen LogP contribution in [0, 0.1) is 11.3 Å². The number of rotatable bonds is 3. The molecule has 0 radical (unpaired) electrons. The molecule has 1 heterocycles. The van der Waals surface area contributed by atoms with Crippen LogP contribution in [0.4, 0.5) is 5.69 Å². The summed E-state index contributed by atoms with van der Waals surface area (Å²) < 4.78 is 0. The van der Waals surface area contributed by atoms with Crippen LogP contribution in [0.1, 0.15) is 5.56 Å². The van der Waals surface area contributed by atoms with E-state index in [-0.39, 0.29) is 5.57 Å². The zero-order valence-electron chi connectivity index (χ0n) is 12.0. The van der Waals surface area contributed by atoms with Gasteiger partial charge in [0.1, 0.15) is 11.6 Å². The van der Waals surface area contributed by atoms with E-state index in [1.807, 2.05) is 30.3 Å². The molecule has 23 heavy (non-hydrogen) atoms. The first-order valence-electron chi connectivity index (χ1n) is 6.92. The fourth-order valence-corrected chi connectivity index (χ4v) is 2.38. The number of anilines is 1. The fourth-order valence-electron chi connectivity index (χ4n) is 2.25. The summed E-state index contributed by atoms with van der Waals surface area (Å²) in [6, 6.07) is 16.4. The number of hydrogen-bond donors (Lipinski definition) is 2. The molecule has 0 unspecified atom stereocenters. The van der Waals surface area contributed by atoms with E-state index in [0.717, 1.165) is 16.5 Å². The van der Waals surface area contributed by atoms with Crippen LogP contribution in [0.5, 0.6) is 0 Å². The summed E-state index contributed by atoms with van der Waals surface area (Å²) in [5.74, 6) is -0.458. The number of amides is 1. The lowest BCUT2D eigenvalue weighted by Crippen LogP contribution is -2.13. The molecule has 4 nitrogen and oxygen atoms in total. The number of nitrogens with zero attached hydrogens (tertiary/aromatic N) is 1. The van der Waals surface area contributed by atoms with Gasteiger partial charge in [-0.2, -0.15) is 5.26 Å². The minimum Gasteiger partial charge on any atom is -0.361 e. The largest absolute Gasteiger partial charge is 0.361 e. The second kappa shape index (κ2) is 6.39. The first-order valence-corrected chi connectivity index (χ1v) is 7.30. The molecule has 1 aromatic heterocycles. The lowest BCUT2D eigenvalue weighted by Gasteiger charge is -2.04. The van der Waals surface area contributed by atoms with Gasteiger partial charge in [-0.25, -0.2) is 0 Å². The van der Waals surface area contributed by atoms with E-state index in [2.05, 4.69) is 10.3 Å². The Kier molecular flexibility index (Phi) is 4.13. The molecular formula is C18H12ClN3O. The predicted octanol–water partition coefficient (Wildman–Crippen LogP) is 4.37. The van der Waals surface area contributed by atoms with Crippen LogP contribution in [-0.2, 0) is 4.79 Å². The number of nitriles is 1. The zero-order chi connectivity index (χ0) is 16.2. The molecule has 0 spiro atoms. The van der Waals surface area contributed by atoms with Gasteiger partial charge in [-0.3, -0.25) is 4.79 Å². The topological polar surface area (TPSA) is 68.7 Å². The van der Waals surface area contributed by atoms with Gasteiger partial charge in [-0.1, -0.05) is 29.8 Å². The first-order chi connectivity index (χ1) is 11.2. The number of aromatic nitrogens is 1. The third kappa shape index (κ3) is 3.25. The SMILES string of the molecule is N#CC(=Cc1c[nH]c2ccccc12)C(=O)Nc1ccc(Cl)cc1. The fraction of sp³-hybridized carbons (Fsp3) is 0. The lowest BCUT2D eigenvalue weighted by atomic mass is 10.1. The van der Waals surface area contributed by atoms with Crippen LogP contribution >= 0.6 is 11.6 Å². The van der Waals surface area contributed by atoms with E-state index in [4.69, 9.17) is 11.6 Å². The Morgan fingerprint density at radius 2 is 1.91 bits per heavy atom. The molecule has 0 bridgehead atoms. The molecule has 2 aromatic carbocycles. The summed E-state index contributed by atoms with van der Waals surface area (Å²) >= 11 is 5.81. The Bertz CT molecular complexity index is 933.